The summed E-state index contributed by atoms with van der Waals surface area (Å²) in [7, 11) is 0. The first kappa shape index (κ1) is 29.2. The first-order valence-corrected chi connectivity index (χ1v) is 3.45. The van der Waals surface area contributed by atoms with Crippen LogP contribution < -0.4 is 24.8 Å². The second kappa shape index (κ2) is 11.1. The van der Waals surface area contributed by atoms with Crippen LogP contribution in [0, 0.1) is 0 Å². The van der Waals surface area contributed by atoms with Crippen molar-refractivity contribution < 1.29 is 52.4 Å². The van der Waals surface area contributed by atoms with Crippen LogP contribution in [0.15, 0.2) is 0 Å². The first-order valence-electron chi connectivity index (χ1n) is 3.45. The van der Waals surface area contributed by atoms with Crippen LogP contribution in [0.5, 0.6) is 0 Å². The van der Waals surface area contributed by atoms with E-state index in [4.69, 9.17) is 10.2 Å². The third-order valence-corrected chi connectivity index (χ3v) is 0. The minimum Gasteiger partial charge on any atom is -1.00 e. The maximum Gasteiger partial charge on any atom is 2.00 e. The molecule has 5 heteroatoms. The van der Waals surface area contributed by atoms with E-state index in [1.807, 2.05) is 0 Å². The number of aliphatic hydroxyl groups is 2. The van der Waals surface area contributed by atoms with Gasteiger partial charge in [0, 0.05) is 0 Å². The Morgan fingerprint density at radius 1 is 0.615 bits per heavy atom. The fourth-order valence-corrected chi connectivity index (χ4v) is 0. The quantitative estimate of drug-likeness (QED) is 0.467. The van der Waals surface area contributed by atoms with E-state index in [2.05, 4.69) is 0 Å². The molecule has 0 saturated heterocycles. The monoisotopic (exact) mass is 270 g/mol. The van der Waals surface area contributed by atoms with Crippen molar-refractivity contribution in [2.45, 2.75) is 52.7 Å². The van der Waals surface area contributed by atoms with E-state index >= 15 is 0 Å². The fraction of sp³-hybridized carbons (Fsp3) is 1.00. The minimum atomic E-state index is -0.500. The SMILES string of the molecule is CC(C)(C)O.CC(C)(C)O.[Cl-].[Cl-].[Cr+2]. The van der Waals surface area contributed by atoms with E-state index in [9.17, 15) is 0 Å². The van der Waals surface area contributed by atoms with Crippen molar-refractivity contribution in [3.05, 3.63) is 0 Å². The molecule has 2 nitrogen and oxygen atoms in total. The predicted molar refractivity (Wildman–Crippen MR) is 43.9 cm³/mol. The molecule has 0 heterocycles. The molecular weight excluding hydrogens is 251 g/mol. The van der Waals surface area contributed by atoms with Crippen LogP contribution in [0.4, 0.5) is 0 Å². The van der Waals surface area contributed by atoms with Crippen LogP contribution in [-0.4, -0.2) is 21.4 Å². The van der Waals surface area contributed by atoms with Crippen LogP contribution in [0.2, 0.25) is 0 Å². The third-order valence-electron chi connectivity index (χ3n) is 0. The molecule has 0 aromatic rings. The molecule has 0 amide bonds. The van der Waals surface area contributed by atoms with E-state index < -0.39 is 11.2 Å². The average Bonchev–Trinajstić information content (AvgIpc) is 1.12. The number of halogens is 2. The molecule has 13 heavy (non-hydrogen) atoms. The molecule has 0 bridgehead atoms. The third kappa shape index (κ3) is 1490. The Morgan fingerprint density at radius 2 is 0.615 bits per heavy atom. The van der Waals surface area contributed by atoms with Gasteiger partial charge < -0.3 is 35.0 Å². The van der Waals surface area contributed by atoms with E-state index in [1.165, 1.54) is 0 Å². The predicted octanol–water partition coefficient (Wildman–Crippen LogP) is -4.44. The van der Waals surface area contributed by atoms with E-state index in [0.717, 1.165) is 0 Å². The Hall–Kier alpha value is 1.03. The van der Waals surface area contributed by atoms with Gasteiger partial charge in [-0.3, -0.25) is 0 Å². The van der Waals surface area contributed by atoms with Crippen LogP contribution in [0.1, 0.15) is 41.5 Å². The smallest absolute Gasteiger partial charge is 1.00 e. The Labute approximate surface area is 105 Å². The maximum absolute atomic E-state index is 8.52. The Bertz CT molecular complexity index is 63.1. The zero-order valence-electron chi connectivity index (χ0n) is 9.06. The molecule has 0 aromatic carbocycles. The van der Waals surface area contributed by atoms with Gasteiger partial charge in [-0.25, -0.2) is 0 Å². The van der Waals surface area contributed by atoms with Gasteiger partial charge in [-0.15, -0.1) is 0 Å². The Kier molecular flexibility index (Phi) is 25.0. The summed E-state index contributed by atoms with van der Waals surface area (Å²) in [5.74, 6) is 0. The molecule has 0 rings (SSSR count). The van der Waals surface area contributed by atoms with Crippen molar-refractivity contribution in [3.8, 4) is 0 Å². The van der Waals surface area contributed by atoms with Crippen molar-refractivity contribution in [1.29, 1.82) is 0 Å². The number of hydrogen-bond donors (Lipinski definition) is 2. The second-order valence-corrected chi connectivity index (χ2v) is 4.34. The van der Waals surface area contributed by atoms with Gasteiger partial charge in [-0.1, -0.05) is 0 Å². The van der Waals surface area contributed by atoms with Crippen molar-refractivity contribution in [1.82, 2.24) is 0 Å². The van der Waals surface area contributed by atoms with Crippen molar-refractivity contribution in [2.24, 2.45) is 0 Å². The Morgan fingerprint density at radius 3 is 0.615 bits per heavy atom. The summed E-state index contributed by atoms with van der Waals surface area (Å²) in [5, 5.41) is 17.0. The molecule has 0 radical (unpaired) electrons. The van der Waals surface area contributed by atoms with Crippen molar-refractivity contribution >= 4 is 0 Å². The molecule has 2 N–H and O–H groups in total. The van der Waals surface area contributed by atoms with Crippen LogP contribution in [-0.2, 0) is 17.4 Å². The summed E-state index contributed by atoms with van der Waals surface area (Å²) >= 11 is 0. The van der Waals surface area contributed by atoms with Gasteiger partial charge in [0.15, 0.2) is 0 Å². The van der Waals surface area contributed by atoms with Gasteiger partial charge in [0.1, 0.15) is 0 Å². The zero-order valence-corrected chi connectivity index (χ0v) is 11.8. The molecule has 0 aliphatic rings. The molecule has 0 aliphatic heterocycles. The normalized spacial score (nSPS) is 9.23. The van der Waals surface area contributed by atoms with E-state index in [-0.39, 0.29) is 42.2 Å². The van der Waals surface area contributed by atoms with Crippen molar-refractivity contribution in [3.63, 3.8) is 0 Å². The van der Waals surface area contributed by atoms with Gasteiger partial charge in [-0.2, -0.15) is 0 Å². The maximum atomic E-state index is 8.52. The summed E-state index contributed by atoms with van der Waals surface area (Å²) in [6, 6.07) is 0. The summed E-state index contributed by atoms with van der Waals surface area (Å²) in [6.07, 6.45) is 0. The first-order chi connectivity index (χ1) is 4.00. The molecule has 0 aromatic heterocycles. The molecule has 0 fully saturated rings. The van der Waals surface area contributed by atoms with E-state index in [1.54, 1.807) is 41.5 Å². The molecule has 84 valence electrons. The number of rotatable bonds is 0. The largest absolute Gasteiger partial charge is 2.00 e. The molecule has 0 saturated carbocycles. The molecular formula is C8H20Cl2CrO2. The average molecular weight is 271 g/mol. The number of hydrogen-bond acceptors (Lipinski definition) is 2. The topological polar surface area (TPSA) is 40.5 Å². The van der Waals surface area contributed by atoms with Gasteiger partial charge in [0.2, 0.25) is 0 Å². The standard InChI is InChI=1S/2C4H10O.2ClH.Cr/c2*1-4(2,3)5;;;/h2*5H,1-3H3;2*1H;/q;;;;+2/p-2. The molecule has 0 unspecified atom stereocenters. The fourth-order valence-electron chi connectivity index (χ4n) is 0. The summed E-state index contributed by atoms with van der Waals surface area (Å²) < 4.78 is 0. The van der Waals surface area contributed by atoms with Gasteiger partial charge in [0.05, 0.1) is 11.2 Å². The zero-order chi connectivity index (χ0) is 9.00. The summed E-state index contributed by atoms with van der Waals surface area (Å²) in [5.41, 5.74) is -1.00. The van der Waals surface area contributed by atoms with Crippen LogP contribution in [0.25, 0.3) is 0 Å². The summed E-state index contributed by atoms with van der Waals surface area (Å²) in [4.78, 5) is 0. The molecule has 0 atom stereocenters. The van der Waals surface area contributed by atoms with Gasteiger partial charge in [0.25, 0.3) is 0 Å². The van der Waals surface area contributed by atoms with Gasteiger partial charge >= 0.3 is 17.4 Å². The summed E-state index contributed by atoms with van der Waals surface area (Å²) in [6.45, 7) is 10.5. The molecule has 0 aliphatic carbocycles. The second-order valence-electron chi connectivity index (χ2n) is 4.34. The molecule has 0 spiro atoms. The van der Waals surface area contributed by atoms with Crippen LogP contribution in [0.3, 0.4) is 0 Å². The van der Waals surface area contributed by atoms with Crippen molar-refractivity contribution in [2.75, 3.05) is 0 Å². The minimum absolute atomic E-state index is 0. The Balaban J connectivity index is -0.0000000267. The van der Waals surface area contributed by atoms with Crippen LogP contribution >= 0.6 is 0 Å². The van der Waals surface area contributed by atoms with Gasteiger partial charge in [-0.05, 0) is 41.5 Å². The van der Waals surface area contributed by atoms with E-state index in [0.29, 0.717) is 0 Å².